The predicted molar refractivity (Wildman–Crippen MR) is 48.2 cm³/mol. The molecule has 0 saturated heterocycles. The fourth-order valence-corrected chi connectivity index (χ4v) is 1.36. The SMILES string of the molecule is Cc1c(C(F)F)cc(C#N)nc1CCl. The van der Waals surface area contributed by atoms with Gasteiger partial charge in [0.25, 0.3) is 6.43 Å². The van der Waals surface area contributed by atoms with Crippen LogP contribution in [0, 0.1) is 18.3 Å². The molecular weight excluding hydrogens is 210 g/mol. The van der Waals surface area contributed by atoms with E-state index in [4.69, 9.17) is 16.9 Å². The van der Waals surface area contributed by atoms with Gasteiger partial charge in [0.05, 0.1) is 11.6 Å². The third-order valence-electron chi connectivity index (χ3n) is 1.89. The Labute approximate surface area is 85.1 Å². The smallest absolute Gasteiger partial charge is 0.241 e. The molecule has 0 aliphatic carbocycles. The zero-order chi connectivity index (χ0) is 10.7. The fraction of sp³-hybridized carbons (Fsp3) is 0.333. The lowest BCUT2D eigenvalue weighted by molar-refractivity contribution is 0.150. The van der Waals surface area contributed by atoms with Crippen molar-refractivity contribution < 1.29 is 8.78 Å². The summed E-state index contributed by atoms with van der Waals surface area (Å²) in [5, 5.41) is 8.55. The van der Waals surface area contributed by atoms with E-state index in [1.165, 1.54) is 6.92 Å². The molecule has 1 aromatic rings. The highest BCUT2D eigenvalue weighted by Crippen LogP contribution is 2.25. The minimum absolute atomic E-state index is 0.0263. The lowest BCUT2D eigenvalue weighted by Gasteiger charge is -2.08. The van der Waals surface area contributed by atoms with Crippen molar-refractivity contribution in [3.8, 4) is 6.07 Å². The predicted octanol–water partition coefficient (Wildman–Crippen LogP) is 2.94. The average Bonchev–Trinajstić information content (AvgIpc) is 2.17. The Morgan fingerprint density at radius 2 is 2.29 bits per heavy atom. The van der Waals surface area contributed by atoms with Gasteiger partial charge in [0.1, 0.15) is 11.8 Å². The van der Waals surface area contributed by atoms with Gasteiger partial charge in [0.15, 0.2) is 0 Å². The first-order valence-electron chi connectivity index (χ1n) is 3.84. The van der Waals surface area contributed by atoms with Crippen LogP contribution in [0.4, 0.5) is 8.78 Å². The molecule has 1 heterocycles. The first-order chi connectivity index (χ1) is 6.60. The quantitative estimate of drug-likeness (QED) is 0.713. The van der Waals surface area contributed by atoms with Crippen molar-refractivity contribution in [2.75, 3.05) is 0 Å². The summed E-state index contributed by atoms with van der Waals surface area (Å²) in [6, 6.07) is 2.81. The third kappa shape index (κ3) is 1.99. The second kappa shape index (κ2) is 4.34. The molecule has 14 heavy (non-hydrogen) atoms. The molecule has 0 spiro atoms. The van der Waals surface area contributed by atoms with Gasteiger partial charge in [-0.2, -0.15) is 5.26 Å². The highest BCUT2D eigenvalue weighted by atomic mass is 35.5. The molecule has 0 aliphatic heterocycles. The van der Waals surface area contributed by atoms with E-state index >= 15 is 0 Å². The van der Waals surface area contributed by atoms with Crippen molar-refractivity contribution in [3.05, 3.63) is 28.6 Å². The van der Waals surface area contributed by atoms with Gasteiger partial charge in [-0.05, 0) is 18.6 Å². The zero-order valence-electron chi connectivity index (χ0n) is 7.39. The molecule has 0 radical (unpaired) electrons. The molecule has 1 rings (SSSR count). The molecule has 0 atom stereocenters. The van der Waals surface area contributed by atoms with Crippen LogP contribution in [0.15, 0.2) is 6.07 Å². The van der Waals surface area contributed by atoms with E-state index in [9.17, 15) is 8.78 Å². The third-order valence-corrected chi connectivity index (χ3v) is 2.14. The normalized spacial score (nSPS) is 10.3. The van der Waals surface area contributed by atoms with E-state index in [-0.39, 0.29) is 17.1 Å². The number of aromatic nitrogens is 1. The van der Waals surface area contributed by atoms with E-state index in [2.05, 4.69) is 4.98 Å². The Hall–Kier alpha value is -1.21. The lowest BCUT2D eigenvalue weighted by Crippen LogP contribution is -2.00. The van der Waals surface area contributed by atoms with E-state index in [0.717, 1.165) is 6.07 Å². The number of halogens is 3. The first-order valence-corrected chi connectivity index (χ1v) is 4.38. The van der Waals surface area contributed by atoms with Crippen LogP contribution in [-0.4, -0.2) is 4.98 Å². The number of nitrogens with zero attached hydrogens (tertiary/aromatic N) is 2. The molecule has 0 bridgehead atoms. The van der Waals surface area contributed by atoms with Gasteiger partial charge in [-0.15, -0.1) is 11.6 Å². The van der Waals surface area contributed by atoms with E-state index in [1.54, 1.807) is 6.07 Å². The molecule has 0 aliphatic rings. The maximum absolute atomic E-state index is 12.5. The standard InChI is InChI=1S/C9H7ClF2N2/c1-5-7(9(11)12)2-6(4-13)14-8(5)3-10/h2,9H,3H2,1H3. The second-order valence-electron chi connectivity index (χ2n) is 2.71. The van der Waals surface area contributed by atoms with Gasteiger partial charge in [0.2, 0.25) is 0 Å². The van der Waals surface area contributed by atoms with Crippen LogP contribution in [0.5, 0.6) is 0 Å². The van der Waals surface area contributed by atoms with Gasteiger partial charge < -0.3 is 0 Å². The van der Waals surface area contributed by atoms with Crippen molar-refractivity contribution in [1.29, 1.82) is 5.26 Å². The van der Waals surface area contributed by atoms with Crippen molar-refractivity contribution in [2.45, 2.75) is 19.2 Å². The molecular formula is C9H7ClF2N2. The first kappa shape index (κ1) is 10.9. The second-order valence-corrected chi connectivity index (χ2v) is 2.98. The topological polar surface area (TPSA) is 36.7 Å². The van der Waals surface area contributed by atoms with Crippen molar-refractivity contribution >= 4 is 11.6 Å². The van der Waals surface area contributed by atoms with Crippen LogP contribution in [0.2, 0.25) is 0 Å². The molecule has 1 aromatic heterocycles. The number of pyridine rings is 1. The maximum atomic E-state index is 12.5. The molecule has 0 fully saturated rings. The number of rotatable bonds is 2. The minimum Gasteiger partial charge on any atom is -0.241 e. The molecule has 0 aromatic carbocycles. The lowest BCUT2D eigenvalue weighted by atomic mass is 10.1. The van der Waals surface area contributed by atoms with Crippen molar-refractivity contribution in [3.63, 3.8) is 0 Å². The number of nitriles is 1. The summed E-state index contributed by atoms with van der Waals surface area (Å²) in [7, 11) is 0. The number of hydrogen-bond donors (Lipinski definition) is 0. The Kier molecular flexibility index (Phi) is 3.37. The molecule has 0 N–H and O–H groups in total. The van der Waals surface area contributed by atoms with E-state index in [0.29, 0.717) is 11.3 Å². The Morgan fingerprint density at radius 1 is 1.64 bits per heavy atom. The Balaban J connectivity index is 3.36. The van der Waals surface area contributed by atoms with E-state index < -0.39 is 6.43 Å². The van der Waals surface area contributed by atoms with Crippen LogP contribution in [0.3, 0.4) is 0 Å². The fourth-order valence-electron chi connectivity index (χ4n) is 1.10. The molecule has 0 unspecified atom stereocenters. The minimum atomic E-state index is -2.60. The number of hydrogen-bond acceptors (Lipinski definition) is 2. The summed E-state index contributed by atoms with van der Waals surface area (Å²) in [6.45, 7) is 1.52. The Morgan fingerprint density at radius 3 is 2.71 bits per heavy atom. The molecule has 74 valence electrons. The van der Waals surface area contributed by atoms with Crippen LogP contribution in [0.25, 0.3) is 0 Å². The molecule has 0 amide bonds. The van der Waals surface area contributed by atoms with Gasteiger partial charge >= 0.3 is 0 Å². The van der Waals surface area contributed by atoms with Crippen LogP contribution in [-0.2, 0) is 5.88 Å². The van der Waals surface area contributed by atoms with Crippen LogP contribution in [0.1, 0.15) is 28.9 Å². The highest BCUT2D eigenvalue weighted by Gasteiger charge is 2.15. The summed E-state index contributed by atoms with van der Waals surface area (Å²) in [5.74, 6) is 0.0288. The zero-order valence-corrected chi connectivity index (χ0v) is 8.15. The van der Waals surface area contributed by atoms with Crippen LogP contribution < -0.4 is 0 Å². The largest absolute Gasteiger partial charge is 0.264 e. The van der Waals surface area contributed by atoms with Gasteiger partial charge in [0, 0.05) is 5.56 Å². The highest BCUT2D eigenvalue weighted by molar-refractivity contribution is 6.17. The number of alkyl halides is 3. The van der Waals surface area contributed by atoms with E-state index in [1.807, 2.05) is 0 Å². The Bertz CT molecular complexity index is 385. The average molecular weight is 217 g/mol. The van der Waals surface area contributed by atoms with Crippen molar-refractivity contribution in [2.24, 2.45) is 0 Å². The van der Waals surface area contributed by atoms with Crippen LogP contribution >= 0.6 is 11.6 Å². The summed E-state index contributed by atoms with van der Waals surface area (Å²) < 4.78 is 25.0. The van der Waals surface area contributed by atoms with Crippen molar-refractivity contribution in [1.82, 2.24) is 4.98 Å². The molecule has 0 saturated carbocycles. The van der Waals surface area contributed by atoms with Gasteiger partial charge in [-0.1, -0.05) is 0 Å². The maximum Gasteiger partial charge on any atom is 0.264 e. The van der Waals surface area contributed by atoms with Gasteiger partial charge in [-0.25, -0.2) is 13.8 Å². The summed E-state index contributed by atoms with van der Waals surface area (Å²) in [4.78, 5) is 3.83. The summed E-state index contributed by atoms with van der Waals surface area (Å²) in [5.41, 5.74) is 0.490. The molecule has 5 heteroatoms. The monoisotopic (exact) mass is 216 g/mol. The summed E-state index contributed by atoms with van der Waals surface area (Å²) in [6.07, 6.45) is -2.60. The van der Waals surface area contributed by atoms with Gasteiger partial charge in [-0.3, -0.25) is 0 Å². The molecule has 2 nitrogen and oxygen atoms in total. The summed E-state index contributed by atoms with van der Waals surface area (Å²) >= 11 is 5.52.